The van der Waals surface area contributed by atoms with Gasteiger partial charge in [-0.2, -0.15) is 18.3 Å². The Labute approximate surface area is 85.5 Å². The molecule has 0 aliphatic carbocycles. The van der Waals surface area contributed by atoms with E-state index in [-0.39, 0.29) is 0 Å². The maximum atomic E-state index is 12.2. The van der Waals surface area contributed by atoms with Crippen molar-refractivity contribution in [2.24, 2.45) is 0 Å². The lowest BCUT2D eigenvalue weighted by Crippen LogP contribution is -2.29. The Balaban J connectivity index is 2.23. The Bertz CT molecular complexity index is 356. The number of halogens is 3. The van der Waals surface area contributed by atoms with E-state index < -0.39 is 12.7 Å². The third-order valence-electron chi connectivity index (χ3n) is 2.55. The summed E-state index contributed by atoms with van der Waals surface area (Å²) in [6.07, 6.45) is -1.87. The van der Waals surface area contributed by atoms with Gasteiger partial charge in [0.15, 0.2) is 0 Å². The summed E-state index contributed by atoms with van der Waals surface area (Å²) < 4.78 is 37.7. The molecule has 0 aromatic carbocycles. The molecule has 6 heteroatoms. The third kappa shape index (κ3) is 2.31. The predicted octanol–water partition coefficient (Wildman–Crippen LogP) is 1.43. The molecule has 0 saturated heterocycles. The van der Waals surface area contributed by atoms with Crippen LogP contribution in [0.4, 0.5) is 13.2 Å². The monoisotopic (exact) mass is 219 g/mol. The minimum atomic E-state index is -4.20. The maximum absolute atomic E-state index is 12.2. The molecule has 0 N–H and O–H groups in total. The van der Waals surface area contributed by atoms with E-state index in [1.165, 1.54) is 0 Å². The Hall–Kier alpha value is -1.04. The first-order valence-electron chi connectivity index (χ1n) is 4.74. The molecule has 0 saturated carbocycles. The number of rotatable bonds is 1. The first-order chi connectivity index (χ1) is 6.96. The van der Waals surface area contributed by atoms with E-state index in [0.717, 1.165) is 23.2 Å². The van der Waals surface area contributed by atoms with Crippen LogP contribution in [0.25, 0.3) is 0 Å². The van der Waals surface area contributed by atoms with Crippen LogP contribution in [0.5, 0.6) is 0 Å². The van der Waals surface area contributed by atoms with Crippen molar-refractivity contribution in [1.29, 1.82) is 0 Å². The second-order valence-electron chi connectivity index (χ2n) is 3.88. The maximum Gasteiger partial charge on any atom is 0.408 e. The van der Waals surface area contributed by atoms with Crippen LogP contribution in [0.1, 0.15) is 11.3 Å². The molecular formula is C9H12F3N3. The normalized spacial score (nSPS) is 17.9. The molecule has 0 bridgehead atoms. The van der Waals surface area contributed by atoms with Crippen molar-refractivity contribution < 1.29 is 13.2 Å². The zero-order valence-electron chi connectivity index (χ0n) is 8.38. The molecule has 0 spiro atoms. The molecule has 0 amide bonds. The van der Waals surface area contributed by atoms with Crippen LogP contribution in [0.3, 0.4) is 0 Å². The molecule has 1 aromatic rings. The van der Waals surface area contributed by atoms with Crippen molar-refractivity contribution in [3.63, 3.8) is 0 Å². The topological polar surface area (TPSA) is 21.1 Å². The first-order valence-corrected chi connectivity index (χ1v) is 4.74. The van der Waals surface area contributed by atoms with Crippen molar-refractivity contribution >= 4 is 0 Å². The third-order valence-corrected chi connectivity index (χ3v) is 2.55. The molecule has 1 aliphatic rings. The highest BCUT2D eigenvalue weighted by atomic mass is 19.4. The van der Waals surface area contributed by atoms with Gasteiger partial charge in [-0.1, -0.05) is 0 Å². The molecule has 0 fully saturated rings. The van der Waals surface area contributed by atoms with E-state index in [0.29, 0.717) is 12.2 Å². The fourth-order valence-electron chi connectivity index (χ4n) is 1.79. The number of likely N-dealkylation sites (N-methyl/N-ethyl adjacent to an activating group) is 1. The van der Waals surface area contributed by atoms with Gasteiger partial charge in [0.25, 0.3) is 0 Å². The van der Waals surface area contributed by atoms with Crippen molar-refractivity contribution in [1.82, 2.24) is 14.7 Å². The van der Waals surface area contributed by atoms with Crippen LogP contribution in [-0.2, 0) is 19.5 Å². The molecule has 2 heterocycles. The smallest absolute Gasteiger partial charge is 0.300 e. The van der Waals surface area contributed by atoms with Crippen molar-refractivity contribution in [2.75, 3.05) is 13.6 Å². The fraction of sp³-hybridized carbons (Fsp3) is 0.667. The summed E-state index contributed by atoms with van der Waals surface area (Å²) in [6.45, 7) is 0.437. The summed E-state index contributed by atoms with van der Waals surface area (Å²) in [7, 11) is 1.90. The summed E-state index contributed by atoms with van der Waals surface area (Å²) in [6, 6.07) is 0. The summed E-state index contributed by atoms with van der Waals surface area (Å²) in [5.74, 6) is 0. The lowest BCUT2D eigenvalue weighted by molar-refractivity contribution is -0.143. The van der Waals surface area contributed by atoms with Gasteiger partial charge in [0, 0.05) is 13.1 Å². The Morgan fingerprint density at radius 1 is 1.47 bits per heavy atom. The van der Waals surface area contributed by atoms with Crippen molar-refractivity contribution in [3.05, 3.63) is 17.5 Å². The minimum Gasteiger partial charge on any atom is -0.300 e. The minimum absolute atomic E-state index is 0.547. The molecule has 1 aliphatic heterocycles. The lowest BCUT2D eigenvalue weighted by atomic mass is 10.1. The summed E-state index contributed by atoms with van der Waals surface area (Å²) in [5, 5.41) is 3.79. The van der Waals surface area contributed by atoms with E-state index in [2.05, 4.69) is 5.10 Å². The van der Waals surface area contributed by atoms with Gasteiger partial charge in [-0.25, -0.2) is 0 Å². The second kappa shape index (κ2) is 3.52. The van der Waals surface area contributed by atoms with Crippen LogP contribution < -0.4 is 0 Å². The van der Waals surface area contributed by atoms with Crippen LogP contribution in [0.2, 0.25) is 0 Å². The molecule has 2 rings (SSSR count). The van der Waals surface area contributed by atoms with Gasteiger partial charge in [-0.3, -0.25) is 4.68 Å². The standard InChI is InChI=1S/C9H12F3N3/c1-14-3-2-7-4-13-15(8(7)5-14)6-9(10,11)12/h4H,2-3,5-6H2,1H3. The van der Waals surface area contributed by atoms with Gasteiger partial charge in [-0.05, 0) is 19.0 Å². The summed E-state index contributed by atoms with van der Waals surface area (Å²) >= 11 is 0. The fourth-order valence-corrected chi connectivity index (χ4v) is 1.79. The molecule has 3 nitrogen and oxygen atoms in total. The highest BCUT2D eigenvalue weighted by molar-refractivity contribution is 5.20. The molecule has 84 valence electrons. The highest BCUT2D eigenvalue weighted by Crippen LogP contribution is 2.22. The van der Waals surface area contributed by atoms with E-state index >= 15 is 0 Å². The molecule has 0 radical (unpaired) electrons. The van der Waals surface area contributed by atoms with E-state index in [9.17, 15) is 13.2 Å². The zero-order valence-corrected chi connectivity index (χ0v) is 8.38. The van der Waals surface area contributed by atoms with E-state index in [1.807, 2.05) is 11.9 Å². The van der Waals surface area contributed by atoms with Gasteiger partial charge >= 0.3 is 6.18 Å². The summed E-state index contributed by atoms with van der Waals surface area (Å²) in [4.78, 5) is 2.00. The molecule has 0 unspecified atom stereocenters. The Morgan fingerprint density at radius 2 is 2.20 bits per heavy atom. The summed E-state index contributed by atoms with van der Waals surface area (Å²) in [5.41, 5.74) is 1.64. The number of fused-ring (bicyclic) bond motifs is 1. The van der Waals surface area contributed by atoms with E-state index in [1.54, 1.807) is 6.20 Å². The van der Waals surface area contributed by atoms with Crippen LogP contribution in [0, 0.1) is 0 Å². The van der Waals surface area contributed by atoms with Crippen LogP contribution in [0.15, 0.2) is 6.20 Å². The van der Waals surface area contributed by atoms with Crippen molar-refractivity contribution in [2.45, 2.75) is 25.7 Å². The Morgan fingerprint density at radius 3 is 2.87 bits per heavy atom. The number of alkyl halides is 3. The average molecular weight is 219 g/mol. The van der Waals surface area contributed by atoms with Crippen LogP contribution >= 0.6 is 0 Å². The quantitative estimate of drug-likeness (QED) is 0.712. The first kappa shape index (κ1) is 10.5. The van der Waals surface area contributed by atoms with Gasteiger partial charge in [0.2, 0.25) is 0 Å². The van der Waals surface area contributed by atoms with Gasteiger partial charge in [-0.15, -0.1) is 0 Å². The molecular weight excluding hydrogens is 207 g/mol. The molecule has 15 heavy (non-hydrogen) atoms. The highest BCUT2D eigenvalue weighted by Gasteiger charge is 2.30. The molecule has 0 atom stereocenters. The van der Waals surface area contributed by atoms with Crippen molar-refractivity contribution in [3.8, 4) is 0 Å². The number of aromatic nitrogens is 2. The SMILES string of the molecule is CN1CCc2cnn(CC(F)(F)F)c2C1. The number of nitrogens with zero attached hydrogens (tertiary/aromatic N) is 3. The van der Waals surface area contributed by atoms with Gasteiger partial charge in [0.1, 0.15) is 6.54 Å². The van der Waals surface area contributed by atoms with Gasteiger partial charge in [0.05, 0.1) is 11.9 Å². The largest absolute Gasteiger partial charge is 0.408 e. The number of hydrogen-bond acceptors (Lipinski definition) is 2. The molecule has 1 aromatic heterocycles. The lowest BCUT2D eigenvalue weighted by Gasteiger charge is -2.23. The average Bonchev–Trinajstić information content (AvgIpc) is 2.46. The van der Waals surface area contributed by atoms with Crippen LogP contribution in [-0.4, -0.2) is 34.4 Å². The predicted molar refractivity (Wildman–Crippen MR) is 48.3 cm³/mol. The van der Waals surface area contributed by atoms with E-state index in [4.69, 9.17) is 0 Å². The Kier molecular flexibility index (Phi) is 2.46. The zero-order chi connectivity index (χ0) is 11.1. The second-order valence-corrected chi connectivity index (χ2v) is 3.88. The number of hydrogen-bond donors (Lipinski definition) is 0. The van der Waals surface area contributed by atoms with Gasteiger partial charge < -0.3 is 4.90 Å².